The van der Waals surface area contributed by atoms with E-state index in [2.05, 4.69) is 15.4 Å². The average Bonchev–Trinajstić information content (AvgIpc) is 3.21. The maximum absolute atomic E-state index is 12.0. The number of nitrogens with zero attached hydrogens (tertiary/aromatic N) is 1. The highest BCUT2D eigenvalue weighted by molar-refractivity contribution is 5.79. The Kier molecular flexibility index (Phi) is 5.52. The Labute approximate surface area is 173 Å². The van der Waals surface area contributed by atoms with Gasteiger partial charge in [-0.15, -0.1) is 0 Å². The Morgan fingerprint density at radius 2 is 1.83 bits per heavy atom. The smallest absolute Gasteiger partial charge is 0.369 e. The number of aromatic nitrogens is 2. The summed E-state index contributed by atoms with van der Waals surface area (Å²) in [5, 5.41) is 0. The SMILES string of the molecule is COc1cc(-c2nc3ccccc3[nH]2)ccc1OCC(=O)ONc1ccc(C)cc1. The van der Waals surface area contributed by atoms with Crippen LogP contribution >= 0.6 is 0 Å². The number of para-hydroxylation sites is 2. The number of carbonyl (C=O) groups excluding carboxylic acids is 1. The Balaban J connectivity index is 1.40. The Hall–Kier alpha value is -4.00. The van der Waals surface area contributed by atoms with Gasteiger partial charge in [-0.1, -0.05) is 29.8 Å². The van der Waals surface area contributed by atoms with Crippen molar-refractivity contribution in [3.63, 3.8) is 0 Å². The van der Waals surface area contributed by atoms with Crippen molar-refractivity contribution in [2.24, 2.45) is 0 Å². The summed E-state index contributed by atoms with van der Waals surface area (Å²) >= 11 is 0. The summed E-state index contributed by atoms with van der Waals surface area (Å²) in [6.07, 6.45) is 0. The van der Waals surface area contributed by atoms with Gasteiger partial charge in [-0.25, -0.2) is 15.3 Å². The van der Waals surface area contributed by atoms with Crippen molar-refractivity contribution in [3.8, 4) is 22.9 Å². The van der Waals surface area contributed by atoms with E-state index in [-0.39, 0.29) is 6.61 Å². The highest BCUT2D eigenvalue weighted by Gasteiger charge is 2.12. The summed E-state index contributed by atoms with van der Waals surface area (Å²) in [5.41, 5.74) is 7.09. The van der Waals surface area contributed by atoms with Crippen LogP contribution in [0.4, 0.5) is 5.69 Å². The normalized spacial score (nSPS) is 10.6. The van der Waals surface area contributed by atoms with Gasteiger partial charge in [-0.05, 0) is 49.4 Å². The fourth-order valence-electron chi connectivity index (χ4n) is 2.93. The van der Waals surface area contributed by atoms with E-state index in [1.165, 1.54) is 0 Å². The number of benzene rings is 3. The number of hydrogen-bond donors (Lipinski definition) is 2. The predicted octanol–water partition coefficient (Wildman–Crippen LogP) is 4.50. The maximum Gasteiger partial charge on any atom is 0.369 e. The summed E-state index contributed by atoms with van der Waals surface area (Å²) < 4.78 is 11.0. The second-order valence-corrected chi connectivity index (χ2v) is 6.70. The van der Waals surface area contributed by atoms with E-state index in [1.54, 1.807) is 13.2 Å². The summed E-state index contributed by atoms with van der Waals surface area (Å²) in [6.45, 7) is 1.72. The van der Waals surface area contributed by atoms with Crippen LogP contribution in [0.2, 0.25) is 0 Å². The molecule has 0 aliphatic rings. The van der Waals surface area contributed by atoms with Gasteiger partial charge in [-0.3, -0.25) is 0 Å². The quantitative estimate of drug-likeness (QED) is 0.442. The highest BCUT2D eigenvalue weighted by atomic mass is 16.7. The minimum absolute atomic E-state index is 0.265. The lowest BCUT2D eigenvalue weighted by molar-refractivity contribution is -0.143. The molecule has 0 spiro atoms. The number of methoxy groups -OCH3 is 1. The first-order chi connectivity index (χ1) is 14.6. The zero-order valence-corrected chi connectivity index (χ0v) is 16.6. The van der Waals surface area contributed by atoms with Crippen molar-refractivity contribution < 1.29 is 19.1 Å². The molecule has 0 unspecified atom stereocenters. The lowest BCUT2D eigenvalue weighted by Gasteiger charge is -2.12. The number of carbonyl (C=O) groups is 1. The number of rotatable bonds is 7. The van der Waals surface area contributed by atoms with Crippen LogP contribution in [0.15, 0.2) is 66.7 Å². The van der Waals surface area contributed by atoms with Gasteiger partial charge in [0.1, 0.15) is 5.82 Å². The predicted molar refractivity (Wildman–Crippen MR) is 114 cm³/mol. The van der Waals surface area contributed by atoms with Crippen molar-refractivity contribution in [1.82, 2.24) is 9.97 Å². The van der Waals surface area contributed by atoms with Gasteiger partial charge in [0.15, 0.2) is 18.1 Å². The lowest BCUT2D eigenvalue weighted by Crippen LogP contribution is -2.18. The van der Waals surface area contributed by atoms with Crippen LogP contribution in [0.1, 0.15) is 5.56 Å². The summed E-state index contributed by atoms with van der Waals surface area (Å²) in [6, 6.07) is 20.7. The Morgan fingerprint density at radius 1 is 1.03 bits per heavy atom. The van der Waals surface area contributed by atoms with Crippen LogP contribution in [0.3, 0.4) is 0 Å². The Bertz CT molecular complexity index is 1140. The van der Waals surface area contributed by atoms with Gasteiger partial charge in [-0.2, -0.15) is 0 Å². The summed E-state index contributed by atoms with van der Waals surface area (Å²) in [4.78, 5) is 24.9. The number of imidazole rings is 1. The van der Waals surface area contributed by atoms with Gasteiger partial charge in [0, 0.05) is 5.56 Å². The summed E-state index contributed by atoms with van der Waals surface area (Å²) in [7, 11) is 1.54. The zero-order valence-electron chi connectivity index (χ0n) is 16.6. The van der Waals surface area contributed by atoms with Gasteiger partial charge in [0.2, 0.25) is 0 Å². The lowest BCUT2D eigenvalue weighted by atomic mass is 10.2. The minimum atomic E-state index is -0.556. The number of aryl methyl sites for hydroxylation is 1. The molecule has 0 aliphatic heterocycles. The highest BCUT2D eigenvalue weighted by Crippen LogP contribution is 2.32. The third-order valence-corrected chi connectivity index (χ3v) is 4.51. The molecule has 0 aliphatic carbocycles. The number of hydrogen-bond acceptors (Lipinski definition) is 6. The van der Waals surface area contributed by atoms with E-state index < -0.39 is 5.97 Å². The van der Waals surface area contributed by atoms with E-state index in [1.807, 2.05) is 67.6 Å². The van der Waals surface area contributed by atoms with E-state index in [0.717, 1.165) is 28.0 Å². The second-order valence-electron chi connectivity index (χ2n) is 6.70. The van der Waals surface area contributed by atoms with E-state index in [4.69, 9.17) is 14.3 Å². The molecule has 0 saturated carbocycles. The number of aromatic amines is 1. The molecule has 0 radical (unpaired) electrons. The largest absolute Gasteiger partial charge is 0.493 e. The topological polar surface area (TPSA) is 85.5 Å². The van der Waals surface area contributed by atoms with Crippen molar-refractivity contribution >= 4 is 22.7 Å². The first-order valence-electron chi connectivity index (χ1n) is 9.41. The number of fused-ring (bicyclic) bond motifs is 1. The van der Waals surface area contributed by atoms with E-state index in [9.17, 15) is 4.79 Å². The molecule has 1 aromatic heterocycles. The molecular formula is C23H21N3O4. The molecule has 152 valence electrons. The minimum Gasteiger partial charge on any atom is -0.493 e. The monoisotopic (exact) mass is 403 g/mol. The molecule has 0 bridgehead atoms. The number of nitrogens with one attached hydrogen (secondary N) is 2. The van der Waals surface area contributed by atoms with Crippen LogP contribution in [0.25, 0.3) is 22.4 Å². The van der Waals surface area contributed by atoms with Crippen molar-refractivity contribution in [1.29, 1.82) is 0 Å². The number of H-pyrrole nitrogens is 1. The van der Waals surface area contributed by atoms with Gasteiger partial charge < -0.3 is 19.3 Å². The molecule has 0 fully saturated rings. The number of anilines is 1. The van der Waals surface area contributed by atoms with Crippen LogP contribution < -0.4 is 15.0 Å². The molecule has 7 heteroatoms. The summed E-state index contributed by atoms with van der Waals surface area (Å²) in [5.74, 6) is 1.10. The fraction of sp³-hybridized carbons (Fsp3) is 0.130. The molecule has 30 heavy (non-hydrogen) atoms. The van der Waals surface area contributed by atoms with Crippen LogP contribution in [-0.4, -0.2) is 29.7 Å². The molecule has 1 heterocycles. The third kappa shape index (κ3) is 4.35. The molecule has 2 N–H and O–H groups in total. The standard InChI is InChI=1S/C23H21N3O4/c1-15-7-10-17(11-8-15)26-30-22(27)14-29-20-12-9-16(13-21(20)28-2)23-24-18-5-3-4-6-19(18)25-23/h3-13,26H,14H2,1-2H3,(H,24,25). The molecule has 0 atom stereocenters. The van der Waals surface area contributed by atoms with Gasteiger partial charge in [0.25, 0.3) is 0 Å². The van der Waals surface area contributed by atoms with Gasteiger partial charge >= 0.3 is 5.97 Å². The van der Waals surface area contributed by atoms with Crippen molar-refractivity contribution in [3.05, 3.63) is 72.3 Å². The average molecular weight is 403 g/mol. The first-order valence-corrected chi connectivity index (χ1v) is 9.41. The van der Waals surface area contributed by atoms with Crippen LogP contribution in [0, 0.1) is 6.92 Å². The van der Waals surface area contributed by atoms with Crippen LogP contribution in [-0.2, 0) is 9.63 Å². The molecule has 4 aromatic rings. The van der Waals surface area contributed by atoms with Crippen molar-refractivity contribution in [2.75, 3.05) is 19.2 Å². The Morgan fingerprint density at radius 3 is 2.60 bits per heavy atom. The molecular weight excluding hydrogens is 382 g/mol. The first kappa shape index (κ1) is 19.3. The second kappa shape index (κ2) is 8.57. The molecule has 3 aromatic carbocycles. The molecule has 7 nitrogen and oxygen atoms in total. The molecule has 0 saturated heterocycles. The van der Waals surface area contributed by atoms with Gasteiger partial charge in [0.05, 0.1) is 23.8 Å². The van der Waals surface area contributed by atoms with E-state index >= 15 is 0 Å². The fourth-order valence-corrected chi connectivity index (χ4v) is 2.93. The third-order valence-electron chi connectivity index (χ3n) is 4.51. The van der Waals surface area contributed by atoms with Crippen LogP contribution in [0.5, 0.6) is 11.5 Å². The van der Waals surface area contributed by atoms with Crippen molar-refractivity contribution in [2.45, 2.75) is 6.92 Å². The molecule has 0 amide bonds. The number of ether oxygens (including phenoxy) is 2. The zero-order chi connectivity index (χ0) is 20.9. The molecule has 4 rings (SSSR count). The van der Waals surface area contributed by atoms with E-state index in [0.29, 0.717) is 17.2 Å². The maximum atomic E-state index is 12.0.